The lowest BCUT2D eigenvalue weighted by Crippen LogP contribution is -1.82. The Kier molecular flexibility index (Phi) is 0.506. The van der Waals surface area contributed by atoms with Gasteiger partial charge in [-0.15, -0.1) is 10.2 Å². The van der Waals surface area contributed by atoms with E-state index in [-0.39, 0.29) is 5.84 Å². The van der Waals surface area contributed by atoms with Gasteiger partial charge in [0.15, 0.2) is 5.84 Å². The average Bonchev–Trinajstić information content (AvgIpc) is 1.86. The summed E-state index contributed by atoms with van der Waals surface area (Å²) in [6, 6.07) is 0. The van der Waals surface area contributed by atoms with Crippen molar-refractivity contribution in [3.05, 3.63) is 0 Å². The van der Waals surface area contributed by atoms with Crippen molar-refractivity contribution in [1.82, 2.24) is 0 Å². The van der Waals surface area contributed by atoms with Gasteiger partial charge in [0.2, 0.25) is 0 Å². The standard InChI is InChI=1S/C2H2N4/c3-2-1-4-6-5-2/h1,3H. The van der Waals surface area contributed by atoms with Crippen LogP contribution in [0.3, 0.4) is 0 Å². The van der Waals surface area contributed by atoms with Gasteiger partial charge in [-0.25, -0.2) is 0 Å². The van der Waals surface area contributed by atoms with E-state index in [1.165, 1.54) is 6.21 Å². The molecule has 30 valence electrons. The number of rotatable bonds is 0. The van der Waals surface area contributed by atoms with Gasteiger partial charge in [-0.3, -0.25) is 5.41 Å². The molecule has 0 fully saturated rings. The molecule has 6 heavy (non-hydrogen) atoms. The van der Waals surface area contributed by atoms with E-state index in [2.05, 4.69) is 15.4 Å². The molecule has 0 atom stereocenters. The van der Waals surface area contributed by atoms with E-state index in [1.807, 2.05) is 0 Å². The summed E-state index contributed by atoms with van der Waals surface area (Å²) in [5.41, 5.74) is 0. The van der Waals surface area contributed by atoms with E-state index in [9.17, 15) is 0 Å². The van der Waals surface area contributed by atoms with Crippen LogP contribution in [0.1, 0.15) is 0 Å². The van der Waals surface area contributed by atoms with Crippen LogP contribution in [-0.4, -0.2) is 12.1 Å². The molecule has 0 saturated heterocycles. The summed E-state index contributed by atoms with van der Waals surface area (Å²) >= 11 is 0. The highest BCUT2D eigenvalue weighted by molar-refractivity contribution is 6.28. The van der Waals surface area contributed by atoms with Crippen LogP contribution in [0.5, 0.6) is 0 Å². The Bertz CT molecular complexity index is 108. The Labute approximate surface area is 34.1 Å². The number of hydrogen-bond acceptors (Lipinski definition) is 3. The fraction of sp³-hybridized carbons (Fsp3) is 0. The first-order chi connectivity index (χ1) is 2.89. The smallest absolute Gasteiger partial charge is 0.189 e. The third-order valence-corrected chi connectivity index (χ3v) is 0.384. The van der Waals surface area contributed by atoms with Crippen LogP contribution in [0, 0.1) is 5.41 Å². The number of nitrogens with one attached hydrogen (secondary N) is 1. The van der Waals surface area contributed by atoms with Crippen LogP contribution < -0.4 is 0 Å². The molecular weight excluding hydrogens is 80.0 g/mol. The summed E-state index contributed by atoms with van der Waals surface area (Å²) in [5, 5.41) is 16.3. The fourth-order valence-electron chi connectivity index (χ4n) is 0.180. The maximum absolute atomic E-state index is 6.64. The van der Waals surface area contributed by atoms with Gasteiger partial charge in [0.1, 0.15) is 0 Å². The Morgan fingerprint density at radius 2 is 2.50 bits per heavy atom. The zero-order valence-corrected chi connectivity index (χ0v) is 2.92. The van der Waals surface area contributed by atoms with E-state index < -0.39 is 0 Å². The van der Waals surface area contributed by atoms with Crippen molar-refractivity contribution in [3.63, 3.8) is 0 Å². The van der Waals surface area contributed by atoms with Gasteiger partial charge in [-0.2, -0.15) is 0 Å². The van der Waals surface area contributed by atoms with Gasteiger partial charge in [0, 0.05) is 0 Å². The average molecular weight is 82.1 g/mol. The van der Waals surface area contributed by atoms with Crippen molar-refractivity contribution < 1.29 is 0 Å². The SMILES string of the molecule is N=C1C=NN=N1. The highest BCUT2D eigenvalue weighted by Gasteiger charge is 1.88. The zero-order valence-electron chi connectivity index (χ0n) is 2.92. The number of amidine groups is 1. The molecular formula is C2H2N4. The second-order valence-electron chi connectivity index (χ2n) is 0.819. The molecule has 0 unspecified atom stereocenters. The number of nitrogens with zero attached hydrogens (tertiary/aromatic N) is 3. The molecule has 4 heteroatoms. The molecule has 0 aromatic carbocycles. The first-order valence-corrected chi connectivity index (χ1v) is 1.42. The third kappa shape index (κ3) is 0.314. The molecule has 0 aliphatic carbocycles. The molecule has 0 bridgehead atoms. The first-order valence-electron chi connectivity index (χ1n) is 1.42. The lowest BCUT2D eigenvalue weighted by Gasteiger charge is -1.61. The summed E-state index contributed by atoms with van der Waals surface area (Å²) in [5.74, 6) is 0.120. The molecule has 0 amide bonds. The van der Waals surface area contributed by atoms with Gasteiger partial charge < -0.3 is 0 Å². The quantitative estimate of drug-likeness (QED) is 0.440. The van der Waals surface area contributed by atoms with Gasteiger partial charge >= 0.3 is 0 Å². The summed E-state index contributed by atoms with van der Waals surface area (Å²) in [4.78, 5) is 0. The van der Waals surface area contributed by atoms with Gasteiger partial charge in [-0.05, 0) is 5.22 Å². The Morgan fingerprint density at radius 3 is 2.67 bits per heavy atom. The van der Waals surface area contributed by atoms with Crippen molar-refractivity contribution in [2.75, 3.05) is 0 Å². The van der Waals surface area contributed by atoms with Crippen LogP contribution >= 0.6 is 0 Å². The van der Waals surface area contributed by atoms with Crippen molar-refractivity contribution in [2.24, 2.45) is 15.4 Å². The minimum atomic E-state index is 0.120. The van der Waals surface area contributed by atoms with Crippen LogP contribution in [-0.2, 0) is 0 Å². The van der Waals surface area contributed by atoms with Gasteiger partial charge in [0.05, 0.1) is 6.21 Å². The number of hydrogen-bond donors (Lipinski definition) is 1. The summed E-state index contributed by atoms with van der Waals surface area (Å²) < 4.78 is 0. The highest BCUT2D eigenvalue weighted by atomic mass is 15.4. The minimum Gasteiger partial charge on any atom is -0.280 e. The summed E-state index contributed by atoms with van der Waals surface area (Å²) in [6.07, 6.45) is 1.28. The minimum absolute atomic E-state index is 0.120. The molecule has 1 rings (SSSR count). The maximum atomic E-state index is 6.64. The Hall–Kier alpha value is -1.06. The van der Waals surface area contributed by atoms with E-state index in [0.29, 0.717) is 0 Å². The molecule has 0 spiro atoms. The topological polar surface area (TPSA) is 60.9 Å². The zero-order chi connectivity index (χ0) is 4.41. The van der Waals surface area contributed by atoms with Crippen LogP contribution in [0.2, 0.25) is 0 Å². The predicted octanol–water partition coefficient (Wildman–Crippen LogP) is 0.415. The molecule has 4 nitrogen and oxygen atoms in total. The van der Waals surface area contributed by atoms with Crippen molar-refractivity contribution >= 4 is 12.1 Å². The molecule has 0 radical (unpaired) electrons. The van der Waals surface area contributed by atoms with Crippen LogP contribution in [0.15, 0.2) is 15.4 Å². The second-order valence-corrected chi connectivity index (χ2v) is 0.819. The third-order valence-electron chi connectivity index (χ3n) is 0.384. The Balaban J connectivity index is 2.86. The Morgan fingerprint density at radius 1 is 1.67 bits per heavy atom. The fourth-order valence-corrected chi connectivity index (χ4v) is 0.180. The predicted molar refractivity (Wildman–Crippen MR) is 21.1 cm³/mol. The second kappa shape index (κ2) is 0.965. The van der Waals surface area contributed by atoms with Gasteiger partial charge in [-0.1, -0.05) is 0 Å². The molecule has 0 saturated carbocycles. The lowest BCUT2D eigenvalue weighted by atomic mass is 10.7. The van der Waals surface area contributed by atoms with Crippen molar-refractivity contribution in [2.45, 2.75) is 0 Å². The molecule has 1 heterocycles. The summed E-state index contributed by atoms with van der Waals surface area (Å²) in [6.45, 7) is 0. The maximum Gasteiger partial charge on any atom is 0.189 e. The molecule has 0 aromatic rings. The van der Waals surface area contributed by atoms with Crippen LogP contribution in [0.25, 0.3) is 0 Å². The monoisotopic (exact) mass is 82.0 g/mol. The largest absolute Gasteiger partial charge is 0.280 e. The molecule has 1 N–H and O–H groups in total. The van der Waals surface area contributed by atoms with E-state index in [1.54, 1.807) is 0 Å². The summed E-state index contributed by atoms with van der Waals surface area (Å²) in [7, 11) is 0. The molecule has 1 aliphatic heterocycles. The van der Waals surface area contributed by atoms with E-state index >= 15 is 0 Å². The van der Waals surface area contributed by atoms with E-state index in [4.69, 9.17) is 5.41 Å². The lowest BCUT2D eigenvalue weighted by molar-refractivity contribution is 1.12. The first kappa shape index (κ1) is 3.14. The van der Waals surface area contributed by atoms with Gasteiger partial charge in [0.25, 0.3) is 0 Å². The van der Waals surface area contributed by atoms with Crippen LogP contribution in [0.4, 0.5) is 0 Å². The van der Waals surface area contributed by atoms with Crippen molar-refractivity contribution in [1.29, 1.82) is 5.41 Å². The molecule has 1 aliphatic rings. The molecule has 0 aromatic heterocycles. The highest BCUT2D eigenvalue weighted by Crippen LogP contribution is 1.84. The van der Waals surface area contributed by atoms with Crippen molar-refractivity contribution in [3.8, 4) is 0 Å². The van der Waals surface area contributed by atoms with E-state index in [0.717, 1.165) is 0 Å². The normalized spacial score (nSPS) is 17.0.